The van der Waals surface area contributed by atoms with Gasteiger partial charge in [0.05, 0.1) is 0 Å². The van der Waals surface area contributed by atoms with E-state index >= 15 is 0 Å². The van der Waals surface area contributed by atoms with Crippen molar-refractivity contribution in [2.45, 2.75) is 45.4 Å². The van der Waals surface area contributed by atoms with Gasteiger partial charge >= 0.3 is 0 Å². The summed E-state index contributed by atoms with van der Waals surface area (Å²) in [6.45, 7) is 2.31. The largest absolute Gasteiger partial charge is 0.287 e. The lowest BCUT2D eigenvalue weighted by Crippen LogP contribution is -2.44. The van der Waals surface area contributed by atoms with Crippen LogP contribution in [0, 0.1) is 17.3 Å². The Labute approximate surface area is 93.8 Å². The third-order valence-electron chi connectivity index (χ3n) is 4.37. The minimum atomic E-state index is 0.0850. The summed E-state index contributed by atoms with van der Waals surface area (Å²) in [6.07, 6.45) is 7.62. The van der Waals surface area contributed by atoms with E-state index in [9.17, 15) is 4.79 Å². The minimum absolute atomic E-state index is 0.0850. The highest BCUT2D eigenvalue weighted by Gasteiger charge is 2.49. The van der Waals surface area contributed by atoms with E-state index < -0.39 is 0 Å². The van der Waals surface area contributed by atoms with Gasteiger partial charge in [-0.2, -0.15) is 0 Å². The van der Waals surface area contributed by atoms with Gasteiger partial charge in [0.25, 0.3) is 0 Å². The lowest BCUT2D eigenvalue weighted by Gasteiger charge is -2.48. The van der Waals surface area contributed by atoms with E-state index in [1.807, 2.05) is 22.6 Å². The number of carbonyl (C=O) groups excluding carboxylic acids is 1. The average molecular weight is 292 g/mol. The fraction of sp³-hybridized carbons (Fsp3) is 0.909. The van der Waals surface area contributed by atoms with E-state index in [1.54, 1.807) is 0 Å². The van der Waals surface area contributed by atoms with Crippen LogP contribution in [0.4, 0.5) is 0 Å². The molecule has 74 valence electrons. The summed E-state index contributed by atoms with van der Waals surface area (Å²) >= 11 is 2.03. The Balaban J connectivity index is 2.28. The standard InChI is InChI=1S/C11H17IO/c1-8-9-4-2-6-11(8,10(12)13)7-3-5-9/h8-9H,2-7H2,1H3. The maximum Gasteiger partial charge on any atom is 0.198 e. The molecular formula is C11H17IO. The molecule has 2 aliphatic rings. The van der Waals surface area contributed by atoms with Crippen molar-refractivity contribution in [3.63, 3.8) is 0 Å². The van der Waals surface area contributed by atoms with Gasteiger partial charge in [0.15, 0.2) is 3.79 Å². The van der Waals surface area contributed by atoms with Crippen molar-refractivity contribution in [2.24, 2.45) is 17.3 Å². The van der Waals surface area contributed by atoms with Crippen molar-refractivity contribution in [3.05, 3.63) is 0 Å². The minimum Gasteiger partial charge on any atom is -0.287 e. The van der Waals surface area contributed by atoms with Gasteiger partial charge in [-0.1, -0.05) is 32.6 Å². The second-order valence-corrected chi connectivity index (χ2v) is 5.74. The molecule has 2 aliphatic carbocycles. The summed E-state index contributed by atoms with van der Waals surface area (Å²) in [5, 5.41) is 0. The zero-order valence-electron chi connectivity index (χ0n) is 8.18. The van der Waals surface area contributed by atoms with Gasteiger partial charge in [-0.25, -0.2) is 0 Å². The van der Waals surface area contributed by atoms with Crippen molar-refractivity contribution >= 4 is 26.4 Å². The number of fused-ring (bicyclic) bond motifs is 2. The predicted octanol–water partition coefficient (Wildman–Crippen LogP) is 3.55. The number of hydrogen-bond acceptors (Lipinski definition) is 1. The summed E-state index contributed by atoms with van der Waals surface area (Å²) < 4.78 is 0.432. The number of hydrogen-bond donors (Lipinski definition) is 0. The fourth-order valence-corrected chi connectivity index (χ4v) is 4.44. The van der Waals surface area contributed by atoms with Crippen LogP contribution >= 0.6 is 22.6 Å². The second kappa shape index (κ2) is 3.52. The maximum atomic E-state index is 11.7. The van der Waals surface area contributed by atoms with E-state index in [1.165, 1.54) is 25.7 Å². The van der Waals surface area contributed by atoms with Crippen LogP contribution < -0.4 is 0 Å². The number of halogens is 1. The number of carbonyl (C=O) groups is 1. The summed E-state index contributed by atoms with van der Waals surface area (Å²) in [6, 6.07) is 0. The average Bonchev–Trinajstić information content (AvgIpc) is 2.03. The van der Waals surface area contributed by atoms with Gasteiger partial charge in [0.2, 0.25) is 0 Å². The summed E-state index contributed by atoms with van der Waals surface area (Å²) in [7, 11) is 0. The Kier molecular flexibility index (Phi) is 2.69. The first kappa shape index (κ1) is 9.94. The SMILES string of the molecule is CC1C2CCCC1(C(=O)I)CCC2. The normalized spacial score (nSPS) is 44.5. The molecule has 2 rings (SSSR count). The highest BCUT2D eigenvalue weighted by atomic mass is 127. The molecule has 13 heavy (non-hydrogen) atoms. The van der Waals surface area contributed by atoms with Gasteiger partial charge in [-0.3, -0.25) is 4.79 Å². The molecule has 0 radical (unpaired) electrons. The molecule has 2 bridgehead atoms. The van der Waals surface area contributed by atoms with Crippen LogP contribution in [0.1, 0.15) is 45.4 Å². The Morgan fingerprint density at radius 1 is 1.31 bits per heavy atom. The van der Waals surface area contributed by atoms with Gasteiger partial charge in [0, 0.05) is 28.0 Å². The van der Waals surface area contributed by atoms with Crippen LogP contribution in [0.3, 0.4) is 0 Å². The molecule has 1 unspecified atom stereocenters. The van der Waals surface area contributed by atoms with Crippen molar-refractivity contribution in [1.82, 2.24) is 0 Å². The predicted molar refractivity (Wildman–Crippen MR) is 61.8 cm³/mol. The van der Waals surface area contributed by atoms with Crippen LogP contribution in [-0.4, -0.2) is 3.79 Å². The first-order chi connectivity index (χ1) is 6.17. The van der Waals surface area contributed by atoms with Crippen molar-refractivity contribution in [1.29, 1.82) is 0 Å². The second-order valence-electron chi connectivity index (χ2n) is 4.76. The molecule has 1 atom stereocenters. The Bertz CT molecular complexity index is 214. The highest BCUT2D eigenvalue weighted by Crippen LogP contribution is 2.54. The third-order valence-corrected chi connectivity index (χ3v) is 5.44. The zero-order chi connectivity index (χ0) is 9.47. The van der Waals surface area contributed by atoms with Gasteiger partial charge < -0.3 is 0 Å². The molecule has 1 nitrogen and oxygen atoms in total. The molecule has 0 aromatic carbocycles. The fourth-order valence-electron chi connectivity index (χ4n) is 3.41. The Hall–Kier alpha value is 0.400. The van der Waals surface area contributed by atoms with Crippen molar-refractivity contribution in [2.75, 3.05) is 0 Å². The van der Waals surface area contributed by atoms with Gasteiger partial charge in [0.1, 0.15) is 0 Å². The van der Waals surface area contributed by atoms with Crippen LogP contribution in [0.5, 0.6) is 0 Å². The topological polar surface area (TPSA) is 17.1 Å². The highest BCUT2D eigenvalue weighted by molar-refractivity contribution is 14.1. The molecule has 0 amide bonds. The lowest BCUT2D eigenvalue weighted by molar-refractivity contribution is -0.127. The van der Waals surface area contributed by atoms with Crippen LogP contribution in [0.15, 0.2) is 0 Å². The molecule has 0 aliphatic heterocycles. The van der Waals surface area contributed by atoms with Crippen LogP contribution in [-0.2, 0) is 4.79 Å². The molecule has 0 heterocycles. The first-order valence-corrected chi connectivity index (χ1v) is 6.44. The Morgan fingerprint density at radius 2 is 1.85 bits per heavy atom. The monoisotopic (exact) mass is 292 g/mol. The van der Waals surface area contributed by atoms with E-state index in [4.69, 9.17) is 0 Å². The van der Waals surface area contributed by atoms with Gasteiger partial charge in [-0.15, -0.1) is 0 Å². The van der Waals surface area contributed by atoms with Crippen molar-refractivity contribution in [3.8, 4) is 0 Å². The molecule has 2 fully saturated rings. The molecule has 0 aromatic rings. The molecule has 0 N–H and O–H groups in total. The maximum absolute atomic E-state index is 11.7. The summed E-state index contributed by atoms with van der Waals surface area (Å²) in [5.41, 5.74) is 0.0850. The van der Waals surface area contributed by atoms with Gasteiger partial charge in [-0.05, 0) is 24.7 Å². The Morgan fingerprint density at radius 3 is 2.23 bits per heavy atom. The molecule has 0 saturated heterocycles. The molecule has 2 heteroatoms. The van der Waals surface area contributed by atoms with E-state index in [0.29, 0.717) is 9.71 Å². The van der Waals surface area contributed by atoms with Crippen LogP contribution in [0.25, 0.3) is 0 Å². The molecule has 0 aromatic heterocycles. The van der Waals surface area contributed by atoms with E-state index in [0.717, 1.165) is 18.8 Å². The molecular weight excluding hydrogens is 275 g/mol. The zero-order valence-corrected chi connectivity index (χ0v) is 10.3. The van der Waals surface area contributed by atoms with Crippen molar-refractivity contribution < 1.29 is 4.79 Å². The lowest BCUT2D eigenvalue weighted by atomic mass is 9.56. The smallest absolute Gasteiger partial charge is 0.198 e. The van der Waals surface area contributed by atoms with E-state index in [2.05, 4.69) is 6.92 Å². The third kappa shape index (κ3) is 1.45. The first-order valence-electron chi connectivity index (χ1n) is 5.37. The molecule has 2 saturated carbocycles. The number of rotatable bonds is 1. The van der Waals surface area contributed by atoms with E-state index in [-0.39, 0.29) is 5.41 Å². The quantitative estimate of drug-likeness (QED) is 0.533. The summed E-state index contributed by atoms with van der Waals surface area (Å²) in [4.78, 5) is 11.7. The molecule has 0 spiro atoms. The summed E-state index contributed by atoms with van der Waals surface area (Å²) in [5.74, 6) is 1.50. The van der Waals surface area contributed by atoms with Crippen LogP contribution in [0.2, 0.25) is 0 Å².